The molecule has 0 bridgehead atoms. The molecule has 54 heavy (non-hydrogen) atoms. The van der Waals surface area contributed by atoms with Gasteiger partial charge in [-0.05, 0) is 90.5 Å². The minimum Gasteiger partial charge on any atom is -0.458 e. The van der Waals surface area contributed by atoms with Crippen LogP contribution in [0, 0.1) is 6.92 Å². The summed E-state index contributed by atoms with van der Waals surface area (Å²) in [4.78, 5) is 0. The quantitative estimate of drug-likeness (QED) is 0.135. The van der Waals surface area contributed by atoms with E-state index in [4.69, 9.17) is 9.47 Å². The zero-order valence-corrected chi connectivity index (χ0v) is 29.7. The summed E-state index contributed by atoms with van der Waals surface area (Å²) in [6.45, 7) is 2.12. The summed E-state index contributed by atoms with van der Waals surface area (Å²) < 4.78 is 13.8. The Morgan fingerprint density at radius 3 is 1.39 bits per heavy atom. The van der Waals surface area contributed by atoms with Crippen LogP contribution in [0.3, 0.4) is 0 Å². The molecule has 0 fully saturated rings. The van der Waals surface area contributed by atoms with Crippen molar-refractivity contribution in [3.63, 3.8) is 0 Å². The van der Waals surface area contributed by atoms with Crippen LogP contribution < -0.4 is 25.9 Å². The fourth-order valence-electron chi connectivity index (χ4n) is 9.05. The van der Waals surface area contributed by atoms with Crippen molar-refractivity contribution in [3.8, 4) is 67.5 Å². The third kappa shape index (κ3) is 4.55. The van der Waals surface area contributed by atoms with E-state index in [1.807, 2.05) is 6.07 Å². The van der Waals surface area contributed by atoms with Gasteiger partial charge in [0.05, 0.1) is 0 Å². The maximum absolute atomic E-state index is 7.02. The molecule has 0 N–H and O–H groups in total. The molecule has 9 aromatic rings. The molecule has 0 radical (unpaired) electrons. The fraction of sp³-hybridized carbons (Fsp3) is 0.0196. The second-order valence-electron chi connectivity index (χ2n) is 14.3. The number of aryl methyl sites for hydroxylation is 1. The van der Waals surface area contributed by atoms with Gasteiger partial charge in [-0.15, -0.1) is 0 Å². The van der Waals surface area contributed by atoms with E-state index in [0.717, 1.165) is 56.1 Å². The smallest absolute Gasteiger partial charge is 0.260 e. The van der Waals surface area contributed by atoms with E-state index < -0.39 is 0 Å². The molecule has 0 aliphatic carbocycles. The van der Waals surface area contributed by atoms with Crippen LogP contribution in [-0.4, -0.2) is 6.71 Å². The van der Waals surface area contributed by atoms with Gasteiger partial charge in [0, 0.05) is 16.6 Å². The Morgan fingerprint density at radius 2 is 0.796 bits per heavy atom. The van der Waals surface area contributed by atoms with Gasteiger partial charge >= 0.3 is 0 Å². The molecule has 2 heterocycles. The van der Waals surface area contributed by atoms with Crippen molar-refractivity contribution in [2.24, 2.45) is 0 Å². The Morgan fingerprint density at radius 1 is 0.352 bits per heavy atom. The highest BCUT2D eigenvalue weighted by atomic mass is 16.5. The highest BCUT2D eigenvalue weighted by Crippen LogP contribution is 2.48. The van der Waals surface area contributed by atoms with Crippen LogP contribution in [0.2, 0.25) is 0 Å². The monoisotopic (exact) mass is 688 g/mol. The first-order valence-electron chi connectivity index (χ1n) is 18.6. The standard InChI is InChI=1S/C51H33BO2/c1-32-16-5-6-19-34(32)41-26-13-28-43-50(41)53-45-30-15-31-46-49(45)52(43)44-29-14-27-42(51(44)54-46)35-20-7-8-21-36(35)48-39-24-11-9-22-37(39)47(33-17-3-2-4-18-33)38-23-10-12-25-40(38)48/h2-31H,1H3. The molecule has 0 amide bonds. The first-order chi connectivity index (χ1) is 26.7. The van der Waals surface area contributed by atoms with E-state index >= 15 is 0 Å². The van der Waals surface area contributed by atoms with Crippen molar-refractivity contribution >= 4 is 44.6 Å². The SMILES string of the molecule is Cc1ccccc1-c1cccc2c1Oc1cccc3c1B2c1cccc(-c2ccccc2-c2c4ccccc4c(-c4ccccc4)c4ccccc24)c1O3. The van der Waals surface area contributed by atoms with Crippen molar-refractivity contribution in [2.75, 3.05) is 0 Å². The maximum atomic E-state index is 7.02. The molecule has 0 atom stereocenters. The Kier molecular flexibility index (Phi) is 6.90. The van der Waals surface area contributed by atoms with Crippen molar-refractivity contribution < 1.29 is 9.47 Å². The molecule has 2 nitrogen and oxygen atoms in total. The van der Waals surface area contributed by atoms with Gasteiger partial charge in [-0.2, -0.15) is 0 Å². The van der Waals surface area contributed by atoms with E-state index in [1.165, 1.54) is 54.9 Å². The lowest BCUT2D eigenvalue weighted by atomic mass is 9.34. The predicted octanol–water partition coefficient (Wildman–Crippen LogP) is 11.7. The topological polar surface area (TPSA) is 18.5 Å². The Balaban J connectivity index is 1.16. The molecular weight excluding hydrogens is 655 g/mol. The molecule has 0 saturated carbocycles. The van der Waals surface area contributed by atoms with E-state index in [9.17, 15) is 0 Å². The number of ether oxygens (including phenoxy) is 2. The summed E-state index contributed by atoms with van der Waals surface area (Å²) in [5.41, 5.74) is 14.0. The minimum absolute atomic E-state index is 0.0494. The number of benzene rings is 9. The van der Waals surface area contributed by atoms with Gasteiger partial charge in [0.2, 0.25) is 0 Å². The van der Waals surface area contributed by atoms with Gasteiger partial charge < -0.3 is 9.47 Å². The zero-order valence-electron chi connectivity index (χ0n) is 29.7. The van der Waals surface area contributed by atoms with Crippen LogP contribution in [0.25, 0.3) is 66.1 Å². The Bertz CT molecular complexity index is 2910. The summed E-state index contributed by atoms with van der Waals surface area (Å²) in [5.74, 6) is 3.49. The van der Waals surface area contributed by atoms with E-state index in [2.05, 4.69) is 183 Å². The molecule has 3 heteroatoms. The van der Waals surface area contributed by atoms with E-state index in [1.54, 1.807) is 0 Å². The number of para-hydroxylation sites is 2. The minimum atomic E-state index is -0.0494. The van der Waals surface area contributed by atoms with E-state index in [-0.39, 0.29) is 6.71 Å². The van der Waals surface area contributed by atoms with Gasteiger partial charge in [-0.3, -0.25) is 0 Å². The van der Waals surface area contributed by atoms with Crippen LogP contribution in [-0.2, 0) is 0 Å². The molecular formula is C51H33BO2. The van der Waals surface area contributed by atoms with Gasteiger partial charge in [0.15, 0.2) is 0 Å². The lowest BCUT2D eigenvalue weighted by Crippen LogP contribution is -2.57. The molecule has 2 aliphatic heterocycles. The molecule has 0 aromatic heterocycles. The van der Waals surface area contributed by atoms with Gasteiger partial charge in [0.25, 0.3) is 6.71 Å². The second-order valence-corrected chi connectivity index (χ2v) is 14.3. The van der Waals surface area contributed by atoms with Gasteiger partial charge in [0.1, 0.15) is 23.0 Å². The number of hydrogen-bond acceptors (Lipinski definition) is 2. The summed E-state index contributed by atoms with van der Waals surface area (Å²) in [5, 5.41) is 4.93. The number of hydrogen-bond donors (Lipinski definition) is 0. The molecule has 11 rings (SSSR count). The summed E-state index contributed by atoms with van der Waals surface area (Å²) in [6.07, 6.45) is 0. The summed E-state index contributed by atoms with van der Waals surface area (Å²) >= 11 is 0. The Hall–Kier alpha value is -6.84. The molecule has 2 aliphatic rings. The predicted molar refractivity (Wildman–Crippen MR) is 226 cm³/mol. The summed E-state index contributed by atoms with van der Waals surface area (Å²) in [6, 6.07) is 65.3. The van der Waals surface area contributed by atoms with Crippen LogP contribution in [0.5, 0.6) is 23.0 Å². The lowest BCUT2D eigenvalue weighted by molar-refractivity contribution is 0.466. The first kappa shape index (κ1) is 30.8. The van der Waals surface area contributed by atoms with Crippen molar-refractivity contribution in [1.82, 2.24) is 0 Å². The average molecular weight is 689 g/mol. The van der Waals surface area contributed by atoms with Crippen molar-refractivity contribution in [2.45, 2.75) is 6.92 Å². The van der Waals surface area contributed by atoms with Crippen LogP contribution in [0.1, 0.15) is 5.56 Å². The van der Waals surface area contributed by atoms with Crippen molar-refractivity contribution in [1.29, 1.82) is 0 Å². The van der Waals surface area contributed by atoms with E-state index in [0.29, 0.717) is 0 Å². The van der Waals surface area contributed by atoms with Crippen LogP contribution >= 0.6 is 0 Å². The number of rotatable bonds is 4. The third-order valence-corrected chi connectivity index (χ3v) is 11.4. The molecule has 252 valence electrons. The first-order valence-corrected chi connectivity index (χ1v) is 18.6. The molecule has 0 saturated heterocycles. The molecule has 0 unspecified atom stereocenters. The average Bonchev–Trinajstić information content (AvgIpc) is 3.23. The third-order valence-electron chi connectivity index (χ3n) is 11.4. The maximum Gasteiger partial charge on any atom is 0.260 e. The normalized spacial score (nSPS) is 12.4. The largest absolute Gasteiger partial charge is 0.458 e. The van der Waals surface area contributed by atoms with Crippen LogP contribution in [0.4, 0.5) is 0 Å². The highest BCUT2D eigenvalue weighted by Gasteiger charge is 2.41. The van der Waals surface area contributed by atoms with Crippen LogP contribution in [0.15, 0.2) is 182 Å². The zero-order chi connectivity index (χ0) is 35.8. The lowest BCUT2D eigenvalue weighted by Gasteiger charge is -2.34. The van der Waals surface area contributed by atoms with Crippen molar-refractivity contribution in [3.05, 3.63) is 188 Å². The molecule has 0 spiro atoms. The van der Waals surface area contributed by atoms with Gasteiger partial charge in [-0.1, -0.05) is 170 Å². The second kappa shape index (κ2) is 12.1. The fourth-order valence-corrected chi connectivity index (χ4v) is 9.05. The molecule has 9 aromatic carbocycles. The Labute approximate surface area is 315 Å². The summed E-state index contributed by atoms with van der Waals surface area (Å²) in [7, 11) is 0. The number of fused-ring (bicyclic) bond motifs is 6. The highest BCUT2D eigenvalue weighted by molar-refractivity contribution is 6.98. The van der Waals surface area contributed by atoms with Gasteiger partial charge in [-0.25, -0.2) is 0 Å².